The Kier molecular flexibility index (Phi) is 3.24. The van der Waals surface area contributed by atoms with Crippen LogP contribution in [0.2, 0.25) is 0 Å². The third kappa shape index (κ3) is 2.30. The Morgan fingerprint density at radius 2 is 2.14 bits per heavy atom. The van der Waals surface area contributed by atoms with Crippen molar-refractivity contribution in [3.05, 3.63) is 35.1 Å². The van der Waals surface area contributed by atoms with E-state index in [1.165, 1.54) is 6.07 Å². The molecular formula is C11H16FNO. The largest absolute Gasteiger partial charge is 0.384 e. The zero-order valence-corrected chi connectivity index (χ0v) is 8.76. The van der Waals surface area contributed by atoms with Crippen molar-refractivity contribution in [3.63, 3.8) is 0 Å². The molecule has 1 aromatic rings. The minimum absolute atomic E-state index is 0.327. The summed E-state index contributed by atoms with van der Waals surface area (Å²) in [5, 5.41) is 12.8. The van der Waals surface area contributed by atoms with Crippen LogP contribution in [0.5, 0.6) is 0 Å². The van der Waals surface area contributed by atoms with E-state index in [0.717, 1.165) is 5.56 Å². The van der Waals surface area contributed by atoms with Crippen molar-refractivity contribution in [2.24, 2.45) is 0 Å². The first kappa shape index (κ1) is 11.1. The Labute approximate surface area is 83.8 Å². The van der Waals surface area contributed by atoms with Crippen LogP contribution in [-0.4, -0.2) is 18.7 Å². The van der Waals surface area contributed by atoms with E-state index in [0.29, 0.717) is 12.1 Å². The number of aliphatic hydroxyl groups is 1. The Morgan fingerprint density at radius 1 is 1.50 bits per heavy atom. The predicted octanol–water partition coefficient (Wildman–Crippen LogP) is 1.56. The minimum Gasteiger partial charge on any atom is -0.384 e. The SMILES string of the molecule is CNCC(C)(O)c1cc(C)ccc1F. The molecule has 0 amide bonds. The van der Waals surface area contributed by atoms with Crippen molar-refractivity contribution >= 4 is 0 Å². The van der Waals surface area contributed by atoms with Crippen molar-refractivity contribution in [3.8, 4) is 0 Å². The van der Waals surface area contributed by atoms with Gasteiger partial charge >= 0.3 is 0 Å². The normalized spacial score (nSPS) is 15.2. The van der Waals surface area contributed by atoms with E-state index in [1.54, 1.807) is 26.1 Å². The topological polar surface area (TPSA) is 32.3 Å². The van der Waals surface area contributed by atoms with Crippen LogP contribution < -0.4 is 5.32 Å². The molecule has 1 unspecified atom stereocenters. The molecule has 1 rings (SSSR count). The third-order valence-corrected chi connectivity index (χ3v) is 2.22. The van der Waals surface area contributed by atoms with Crippen LogP contribution in [0.4, 0.5) is 4.39 Å². The Bertz CT molecular complexity index is 323. The van der Waals surface area contributed by atoms with Gasteiger partial charge in [-0.3, -0.25) is 0 Å². The van der Waals surface area contributed by atoms with Crippen molar-refractivity contribution < 1.29 is 9.50 Å². The molecule has 2 nitrogen and oxygen atoms in total. The molecule has 0 aromatic heterocycles. The molecule has 0 aliphatic heterocycles. The lowest BCUT2D eigenvalue weighted by atomic mass is 9.94. The van der Waals surface area contributed by atoms with Gasteiger partial charge < -0.3 is 10.4 Å². The summed E-state index contributed by atoms with van der Waals surface area (Å²) in [4.78, 5) is 0. The quantitative estimate of drug-likeness (QED) is 0.770. The van der Waals surface area contributed by atoms with Crippen LogP contribution in [0.3, 0.4) is 0 Å². The molecule has 0 spiro atoms. The molecule has 78 valence electrons. The predicted molar refractivity (Wildman–Crippen MR) is 54.6 cm³/mol. The van der Waals surface area contributed by atoms with Gasteiger partial charge in [-0.2, -0.15) is 0 Å². The molecule has 1 aromatic carbocycles. The molecule has 0 heterocycles. The lowest BCUT2D eigenvalue weighted by molar-refractivity contribution is 0.0553. The molecule has 0 fully saturated rings. The van der Waals surface area contributed by atoms with Crippen LogP contribution in [0, 0.1) is 12.7 Å². The van der Waals surface area contributed by atoms with Crippen molar-refractivity contribution in [2.45, 2.75) is 19.4 Å². The van der Waals surface area contributed by atoms with E-state index in [-0.39, 0.29) is 5.82 Å². The molecule has 0 aliphatic carbocycles. The lowest BCUT2D eigenvalue weighted by Gasteiger charge is -2.24. The molecule has 0 saturated carbocycles. The van der Waals surface area contributed by atoms with Crippen LogP contribution in [0.15, 0.2) is 18.2 Å². The smallest absolute Gasteiger partial charge is 0.129 e. The fourth-order valence-electron chi connectivity index (χ4n) is 1.49. The van der Waals surface area contributed by atoms with Crippen LogP contribution >= 0.6 is 0 Å². The van der Waals surface area contributed by atoms with Crippen molar-refractivity contribution in [1.29, 1.82) is 0 Å². The number of aryl methyl sites for hydroxylation is 1. The zero-order valence-electron chi connectivity index (χ0n) is 8.76. The summed E-state index contributed by atoms with van der Waals surface area (Å²) in [6.45, 7) is 3.80. The molecule has 3 heteroatoms. The highest BCUT2D eigenvalue weighted by atomic mass is 19.1. The number of benzene rings is 1. The Balaban J connectivity index is 3.10. The number of halogens is 1. The second-order valence-corrected chi connectivity index (χ2v) is 3.79. The summed E-state index contributed by atoms with van der Waals surface area (Å²) in [6, 6.07) is 4.75. The molecule has 0 bridgehead atoms. The van der Waals surface area contributed by atoms with Gasteiger partial charge in [0.15, 0.2) is 0 Å². The maximum atomic E-state index is 13.4. The van der Waals surface area contributed by atoms with Gasteiger partial charge in [0, 0.05) is 12.1 Å². The third-order valence-electron chi connectivity index (χ3n) is 2.22. The molecule has 14 heavy (non-hydrogen) atoms. The average Bonchev–Trinajstić information content (AvgIpc) is 2.09. The highest BCUT2D eigenvalue weighted by Gasteiger charge is 2.25. The molecule has 2 N–H and O–H groups in total. The zero-order chi connectivity index (χ0) is 10.8. The van der Waals surface area contributed by atoms with Crippen molar-refractivity contribution in [2.75, 3.05) is 13.6 Å². The van der Waals surface area contributed by atoms with Crippen LogP contribution in [0.25, 0.3) is 0 Å². The van der Waals surface area contributed by atoms with Crippen molar-refractivity contribution in [1.82, 2.24) is 5.32 Å². The van der Waals surface area contributed by atoms with E-state index >= 15 is 0 Å². The average molecular weight is 197 g/mol. The number of hydrogen-bond acceptors (Lipinski definition) is 2. The van der Waals surface area contributed by atoms with Gasteiger partial charge in [-0.25, -0.2) is 4.39 Å². The fourth-order valence-corrected chi connectivity index (χ4v) is 1.49. The molecule has 1 atom stereocenters. The summed E-state index contributed by atoms with van der Waals surface area (Å²) in [6.07, 6.45) is 0. The summed E-state index contributed by atoms with van der Waals surface area (Å²) in [7, 11) is 1.72. The highest BCUT2D eigenvalue weighted by molar-refractivity contribution is 5.28. The van der Waals surface area contributed by atoms with Gasteiger partial charge in [0.25, 0.3) is 0 Å². The number of rotatable bonds is 3. The van der Waals surface area contributed by atoms with Gasteiger partial charge in [0.2, 0.25) is 0 Å². The van der Waals surface area contributed by atoms with Gasteiger partial charge in [-0.1, -0.05) is 17.7 Å². The molecular weight excluding hydrogens is 181 g/mol. The maximum absolute atomic E-state index is 13.4. The second-order valence-electron chi connectivity index (χ2n) is 3.79. The van der Waals surface area contributed by atoms with E-state index in [9.17, 15) is 9.50 Å². The van der Waals surface area contributed by atoms with Crippen LogP contribution in [0.1, 0.15) is 18.1 Å². The first-order valence-corrected chi connectivity index (χ1v) is 4.61. The minimum atomic E-state index is -1.16. The first-order chi connectivity index (χ1) is 6.47. The standard InChI is InChI=1S/C11H16FNO/c1-8-4-5-10(12)9(6-8)11(2,14)7-13-3/h4-6,13-14H,7H2,1-3H3. The monoisotopic (exact) mass is 197 g/mol. The van der Waals surface area contributed by atoms with Gasteiger partial charge in [0.1, 0.15) is 11.4 Å². The van der Waals surface area contributed by atoms with Gasteiger partial charge in [-0.05, 0) is 27.0 Å². The Morgan fingerprint density at radius 3 is 2.71 bits per heavy atom. The highest BCUT2D eigenvalue weighted by Crippen LogP contribution is 2.23. The summed E-state index contributed by atoms with van der Waals surface area (Å²) < 4.78 is 13.4. The van der Waals surface area contributed by atoms with Crippen LogP contribution in [-0.2, 0) is 5.60 Å². The maximum Gasteiger partial charge on any atom is 0.129 e. The van der Waals surface area contributed by atoms with E-state index in [1.807, 2.05) is 6.92 Å². The van der Waals surface area contributed by atoms with E-state index in [4.69, 9.17) is 0 Å². The fraction of sp³-hybridized carbons (Fsp3) is 0.455. The van der Waals surface area contributed by atoms with E-state index in [2.05, 4.69) is 5.32 Å². The summed E-state index contributed by atoms with van der Waals surface area (Å²) >= 11 is 0. The first-order valence-electron chi connectivity index (χ1n) is 4.61. The second kappa shape index (κ2) is 4.07. The molecule has 0 aliphatic rings. The molecule has 0 radical (unpaired) electrons. The summed E-state index contributed by atoms with van der Waals surface area (Å²) in [5.41, 5.74) is 0.120. The van der Waals surface area contributed by atoms with E-state index < -0.39 is 5.60 Å². The Hall–Kier alpha value is -0.930. The van der Waals surface area contributed by atoms with Gasteiger partial charge in [-0.15, -0.1) is 0 Å². The number of nitrogens with one attached hydrogen (secondary N) is 1. The van der Waals surface area contributed by atoms with Gasteiger partial charge in [0.05, 0.1) is 0 Å². The number of hydrogen-bond donors (Lipinski definition) is 2. The summed E-state index contributed by atoms with van der Waals surface area (Å²) in [5.74, 6) is -0.365. The lowest BCUT2D eigenvalue weighted by Crippen LogP contribution is -2.34. The molecule has 0 saturated heterocycles. The number of likely N-dealkylation sites (N-methyl/N-ethyl adjacent to an activating group) is 1.